The summed E-state index contributed by atoms with van der Waals surface area (Å²) in [4.78, 5) is 15.6. The Kier molecular flexibility index (Phi) is 2.96. The third kappa shape index (κ3) is 2.02. The number of carbonyl (C=O) groups excluding carboxylic acids is 1. The van der Waals surface area contributed by atoms with Gasteiger partial charge in [0, 0.05) is 18.0 Å². The average molecular weight is 175 g/mol. The molecule has 0 unspecified atom stereocenters. The zero-order valence-electron chi connectivity index (χ0n) is 8.00. The van der Waals surface area contributed by atoms with Gasteiger partial charge in [-0.3, -0.25) is 9.78 Å². The monoisotopic (exact) mass is 175 g/mol. The van der Waals surface area contributed by atoms with Gasteiger partial charge in [-0.1, -0.05) is 13.5 Å². The first-order valence-electron chi connectivity index (χ1n) is 4.30. The first-order chi connectivity index (χ1) is 6.16. The van der Waals surface area contributed by atoms with E-state index in [2.05, 4.69) is 11.6 Å². The lowest BCUT2D eigenvalue weighted by molar-refractivity contribution is 0.103. The molecule has 1 aromatic rings. The van der Waals surface area contributed by atoms with E-state index in [-0.39, 0.29) is 5.78 Å². The van der Waals surface area contributed by atoms with Crippen molar-refractivity contribution in [1.29, 1.82) is 0 Å². The fraction of sp³-hybridized carbons (Fsp3) is 0.273. The SMILES string of the molecule is C=C(C)C(=O)c1ccncc1CC. The normalized spacial score (nSPS) is 9.69. The van der Waals surface area contributed by atoms with Gasteiger partial charge in [-0.15, -0.1) is 0 Å². The van der Waals surface area contributed by atoms with E-state index < -0.39 is 0 Å². The van der Waals surface area contributed by atoms with Gasteiger partial charge < -0.3 is 0 Å². The van der Waals surface area contributed by atoms with E-state index in [4.69, 9.17) is 0 Å². The highest BCUT2D eigenvalue weighted by Crippen LogP contribution is 2.11. The lowest BCUT2D eigenvalue weighted by atomic mass is 10.0. The van der Waals surface area contributed by atoms with Gasteiger partial charge in [0.15, 0.2) is 5.78 Å². The van der Waals surface area contributed by atoms with Crippen LogP contribution in [0.15, 0.2) is 30.6 Å². The summed E-state index contributed by atoms with van der Waals surface area (Å²) in [6.07, 6.45) is 4.19. The fourth-order valence-corrected chi connectivity index (χ4v) is 1.16. The molecule has 0 radical (unpaired) electrons. The van der Waals surface area contributed by atoms with Crippen molar-refractivity contribution in [1.82, 2.24) is 4.98 Å². The molecule has 0 aliphatic heterocycles. The minimum Gasteiger partial charge on any atom is -0.289 e. The molecule has 1 rings (SSSR count). The molecule has 1 heterocycles. The molecule has 0 bridgehead atoms. The predicted octanol–water partition coefficient (Wildman–Crippen LogP) is 2.40. The van der Waals surface area contributed by atoms with Gasteiger partial charge in [0.1, 0.15) is 0 Å². The fourth-order valence-electron chi connectivity index (χ4n) is 1.16. The summed E-state index contributed by atoms with van der Waals surface area (Å²) in [6, 6.07) is 1.75. The second-order valence-electron chi connectivity index (χ2n) is 3.00. The van der Waals surface area contributed by atoms with E-state index >= 15 is 0 Å². The minimum absolute atomic E-state index is 0.0132. The molecule has 0 amide bonds. The number of hydrogen-bond acceptors (Lipinski definition) is 2. The van der Waals surface area contributed by atoms with Crippen LogP contribution in [0.2, 0.25) is 0 Å². The third-order valence-electron chi connectivity index (χ3n) is 1.92. The highest BCUT2D eigenvalue weighted by Gasteiger charge is 2.09. The van der Waals surface area contributed by atoms with Crippen LogP contribution in [0.1, 0.15) is 29.8 Å². The maximum Gasteiger partial charge on any atom is 0.188 e. The number of nitrogens with zero attached hydrogens (tertiary/aromatic N) is 1. The van der Waals surface area contributed by atoms with Crippen LogP contribution in [0.5, 0.6) is 0 Å². The van der Waals surface area contributed by atoms with E-state index in [9.17, 15) is 4.79 Å². The first-order valence-corrected chi connectivity index (χ1v) is 4.30. The maximum absolute atomic E-state index is 11.6. The highest BCUT2D eigenvalue weighted by molar-refractivity contribution is 6.08. The number of pyridine rings is 1. The van der Waals surface area contributed by atoms with Crippen molar-refractivity contribution in [2.75, 3.05) is 0 Å². The van der Waals surface area contributed by atoms with Gasteiger partial charge >= 0.3 is 0 Å². The van der Waals surface area contributed by atoms with Crippen molar-refractivity contribution >= 4 is 5.78 Å². The molecule has 0 saturated carbocycles. The van der Waals surface area contributed by atoms with Crippen LogP contribution in [-0.4, -0.2) is 10.8 Å². The smallest absolute Gasteiger partial charge is 0.188 e. The van der Waals surface area contributed by atoms with Gasteiger partial charge in [-0.05, 0) is 30.5 Å². The summed E-state index contributed by atoms with van der Waals surface area (Å²) in [5, 5.41) is 0. The van der Waals surface area contributed by atoms with Gasteiger partial charge in [-0.2, -0.15) is 0 Å². The Morgan fingerprint density at radius 1 is 1.62 bits per heavy atom. The Morgan fingerprint density at radius 3 is 2.85 bits per heavy atom. The highest BCUT2D eigenvalue weighted by atomic mass is 16.1. The molecule has 0 aromatic carbocycles. The topological polar surface area (TPSA) is 30.0 Å². The molecule has 2 heteroatoms. The molecule has 1 aromatic heterocycles. The van der Waals surface area contributed by atoms with Crippen LogP contribution in [0, 0.1) is 0 Å². The molecular weight excluding hydrogens is 162 g/mol. The van der Waals surface area contributed by atoms with E-state index in [1.54, 1.807) is 25.4 Å². The van der Waals surface area contributed by atoms with Crippen LogP contribution in [0.25, 0.3) is 0 Å². The Balaban J connectivity index is 3.13. The molecule has 0 aliphatic carbocycles. The van der Waals surface area contributed by atoms with Crippen molar-refractivity contribution < 1.29 is 4.79 Å². The minimum atomic E-state index is 0.0132. The van der Waals surface area contributed by atoms with E-state index in [1.165, 1.54) is 0 Å². The average Bonchev–Trinajstić information content (AvgIpc) is 2.16. The number of hydrogen-bond donors (Lipinski definition) is 0. The van der Waals surface area contributed by atoms with Crippen LogP contribution in [0.4, 0.5) is 0 Å². The predicted molar refractivity (Wildman–Crippen MR) is 52.8 cm³/mol. The van der Waals surface area contributed by atoms with Crippen molar-refractivity contribution in [2.45, 2.75) is 20.3 Å². The van der Waals surface area contributed by atoms with Crippen LogP contribution in [0.3, 0.4) is 0 Å². The van der Waals surface area contributed by atoms with Crippen molar-refractivity contribution in [3.63, 3.8) is 0 Å². The molecule has 13 heavy (non-hydrogen) atoms. The second-order valence-corrected chi connectivity index (χ2v) is 3.00. The van der Waals surface area contributed by atoms with Gasteiger partial charge in [0.2, 0.25) is 0 Å². The van der Waals surface area contributed by atoms with Crippen molar-refractivity contribution in [2.24, 2.45) is 0 Å². The molecule has 2 nitrogen and oxygen atoms in total. The third-order valence-corrected chi connectivity index (χ3v) is 1.92. The van der Waals surface area contributed by atoms with Gasteiger partial charge in [0.25, 0.3) is 0 Å². The lowest BCUT2D eigenvalue weighted by Crippen LogP contribution is -2.04. The standard InChI is InChI=1S/C11H13NO/c1-4-9-7-12-6-5-10(9)11(13)8(2)3/h5-7H,2,4H2,1,3H3. The molecular formula is C11H13NO. The Labute approximate surface area is 78.3 Å². The molecule has 0 fully saturated rings. The number of aromatic nitrogens is 1. The molecule has 0 aliphatic rings. The Bertz CT molecular complexity index is 342. The summed E-state index contributed by atoms with van der Waals surface area (Å²) in [6.45, 7) is 7.37. The summed E-state index contributed by atoms with van der Waals surface area (Å²) in [5.74, 6) is 0.0132. The molecule has 68 valence electrons. The second kappa shape index (κ2) is 3.99. The zero-order valence-corrected chi connectivity index (χ0v) is 8.00. The molecule has 0 atom stereocenters. The quantitative estimate of drug-likeness (QED) is 0.521. The number of carbonyl (C=O) groups is 1. The van der Waals surface area contributed by atoms with E-state index in [1.807, 2.05) is 6.92 Å². The van der Waals surface area contributed by atoms with Gasteiger partial charge in [0.05, 0.1) is 0 Å². The molecule has 0 spiro atoms. The number of allylic oxidation sites excluding steroid dienone is 1. The maximum atomic E-state index is 11.6. The van der Waals surface area contributed by atoms with Crippen LogP contribution in [-0.2, 0) is 6.42 Å². The van der Waals surface area contributed by atoms with Crippen LogP contribution < -0.4 is 0 Å². The molecule has 0 saturated heterocycles. The van der Waals surface area contributed by atoms with Crippen molar-refractivity contribution in [3.8, 4) is 0 Å². The summed E-state index contributed by atoms with van der Waals surface area (Å²) < 4.78 is 0. The number of aryl methyl sites for hydroxylation is 1. The largest absolute Gasteiger partial charge is 0.289 e. The molecule has 0 N–H and O–H groups in total. The number of ketones is 1. The van der Waals surface area contributed by atoms with E-state index in [0.717, 1.165) is 17.5 Å². The van der Waals surface area contributed by atoms with Crippen molar-refractivity contribution in [3.05, 3.63) is 41.7 Å². The summed E-state index contributed by atoms with van der Waals surface area (Å²) >= 11 is 0. The summed E-state index contributed by atoms with van der Waals surface area (Å²) in [7, 11) is 0. The first kappa shape index (κ1) is 9.65. The lowest BCUT2D eigenvalue weighted by Gasteiger charge is -2.04. The number of Topliss-reactive ketones (excluding diaryl/α,β-unsaturated/α-hetero) is 1. The Hall–Kier alpha value is -1.44. The Morgan fingerprint density at radius 2 is 2.31 bits per heavy atom. The summed E-state index contributed by atoms with van der Waals surface area (Å²) in [5.41, 5.74) is 2.28. The zero-order chi connectivity index (χ0) is 9.84. The van der Waals surface area contributed by atoms with Crippen LogP contribution >= 0.6 is 0 Å². The van der Waals surface area contributed by atoms with E-state index in [0.29, 0.717) is 5.57 Å². The van der Waals surface area contributed by atoms with Gasteiger partial charge in [-0.25, -0.2) is 0 Å². The number of rotatable bonds is 3.